The molecule has 0 amide bonds. The van der Waals surface area contributed by atoms with Gasteiger partial charge in [-0.05, 0) is 30.7 Å². The van der Waals surface area contributed by atoms with Crippen LogP contribution in [-0.2, 0) is 18.4 Å². The summed E-state index contributed by atoms with van der Waals surface area (Å²) in [6, 6.07) is 6.18. The molecule has 19 heavy (non-hydrogen) atoms. The maximum absolute atomic E-state index is 10.7. The Morgan fingerprint density at radius 2 is 2.32 bits per heavy atom. The number of nitrogens with one attached hydrogen (secondary N) is 1. The summed E-state index contributed by atoms with van der Waals surface area (Å²) in [6.45, 7) is 3.16. The van der Waals surface area contributed by atoms with E-state index in [4.69, 9.17) is 5.11 Å². The number of hydrogen-bond donors (Lipinski definition) is 2. The number of aliphatic carboxylic acids is 1. The van der Waals surface area contributed by atoms with Crippen molar-refractivity contribution in [3.63, 3.8) is 0 Å². The Labute approximate surface area is 112 Å². The molecule has 2 aromatic rings. The summed E-state index contributed by atoms with van der Waals surface area (Å²) in [5.41, 5.74) is 3.26. The van der Waals surface area contributed by atoms with Gasteiger partial charge in [0.1, 0.15) is 0 Å². The van der Waals surface area contributed by atoms with Crippen molar-refractivity contribution in [2.45, 2.75) is 19.9 Å². The molecule has 1 aromatic carbocycles. The first-order chi connectivity index (χ1) is 9.08. The second-order valence-electron chi connectivity index (χ2n) is 4.88. The minimum Gasteiger partial charge on any atom is -0.481 e. The van der Waals surface area contributed by atoms with Gasteiger partial charge in [0, 0.05) is 13.6 Å². The molecule has 2 rings (SSSR count). The number of imidazole rings is 1. The predicted octanol–water partition coefficient (Wildman–Crippen LogP) is 1.77. The monoisotopic (exact) mass is 261 g/mol. The van der Waals surface area contributed by atoms with Gasteiger partial charge in [0.25, 0.3) is 0 Å². The summed E-state index contributed by atoms with van der Waals surface area (Å²) in [7, 11) is 1.97. The van der Waals surface area contributed by atoms with Gasteiger partial charge in [-0.3, -0.25) is 4.79 Å². The van der Waals surface area contributed by atoms with E-state index in [1.165, 1.54) is 0 Å². The zero-order valence-corrected chi connectivity index (χ0v) is 11.3. The second-order valence-corrected chi connectivity index (χ2v) is 4.88. The Hall–Kier alpha value is -1.88. The molecule has 102 valence electrons. The molecule has 0 aliphatic heterocycles. The van der Waals surface area contributed by atoms with Gasteiger partial charge in [0.05, 0.1) is 23.3 Å². The lowest BCUT2D eigenvalue weighted by Gasteiger charge is -2.08. The van der Waals surface area contributed by atoms with Crippen LogP contribution in [0.5, 0.6) is 0 Å². The van der Waals surface area contributed by atoms with Gasteiger partial charge in [-0.25, -0.2) is 4.98 Å². The second kappa shape index (κ2) is 5.84. The van der Waals surface area contributed by atoms with Crippen LogP contribution in [0, 0.1) is 5.92 Å². The van der Waals surface area contributed by atoms with Gasteiger partial charge in [0.15, 0.2) is 0 Å². The Morgan fingerprint density at radius 1 is 1.53 bits per heavy atom. The minimum absolute atomic E-state index is 0.300. The molecule has 0 bridgehead atoms. The van der Waals surface area contributed by atoms with Gasteiger partial charge in [-0.2, -0.15) is 0 Å². The van der Waals surface area contributed by atoms with Crippen LogP contribution in [0.25, 0.3) is 11.0 Å². The Bertz CT molecular complexity index is 577. The van der Waals surface area contributed by atoms with Crippen molar-refractivity contribution >= 4 is 17.0 Å². The van der Waals surface area contributed by atoms with Crippen molar-refractivity contribution in [1.82, 2.24) is 14.9 Å². The third kappa shape index (κ3) is 3.32. The van der Waals surface area contributed by atoms with Gasteiger partial charge in [-0.1, -0.05) is 13.0 Å². The van der Waals surface area contributed by atoms with E-state index in [-0.39, 0.29) is 5.92 Å². The summed E-state index contributed by atoms with van der Waals surface area (Å²) >= 11 is 0. The van der Waals surface area contributed by atoms with E-state index in [1.807, 2.05) is 11.6 Å². The van der Waals surface area contributed by atoms with E-state index in [1.54, 1.807) is 13.3 Å². The Morgan fingerprint density at radius 3 is 3.05 bits per heavy atom. The summed E-state index contributed by atoms with van der Waals surface area (Å²) in [5.74, 6) is -1.04. The molecule has 1 aromatic heterocycles. The third-order valence-electron chi connectivity index (χ3n) is 3.29. The van der Waals surface area contributed by atoms with Crippen LogP contribution in [0.1, 0.15) is 18.9 Å². The Kier molecular flexibility index (Phi) is 4.16. The summed E-state index contributed by atoms with van der Waals surface area (Å²) < 4.78 is 1.99. The predicted molar refractivity (Wildman–Crippen MR) is 73.8 cm³/mol. The first-order valence-corrected chi connectivity index (χ1v) is 6.41. The van der Waals surface area contributed by atoms with Crippen LogP contribution >= 0.6 is 0 Å². The van der Waals surface area contributed by atoms with Crippen molar-refractivity contribution in [1.29, 1.82) is 0 Å². The van der Waals surface area contributed by atoms with Crippen LogP contribution in [0.4, 0.5) is 0 Å². The molecule has 5 nitrogen and oxygen atoms in total. The lowest BCUT2D eigenvalue weighted by molar-refractivity contribution is -0.141. The number of carboxylic acids is 1. The van der Waals surface area contributed by atoms with Gasteiger partial charge in [-0.15, -0.1) is 0 Å². The number of aromatic nitrogens is 2. The lowest BCUT2D eigenvalue weighted by atomic mass is 10.1. The van der Waals surface area contributed by atoms with Gasteiger partial charge < -0.3 is 15.0 Å². The van der Waals surface area contributed by atoms with E-state index < -0.39 is 5.97 Å². The molecule has 0 spiro atoms. The molecule has 1 atom stereocenters. The first-order valence-electron chi connectivity index (χ1n) is 6.41. The number of rotatable bonds is 6. The quantitative estimate of drug-likeness (QED) is 0.778. The molecule has 0 radical (unpaired) electrons. The topological polar surface area (TPSA) is 67.2 Å². The van der Waals surface area contributed by atoms with E-state index in [0.29, 0.717) is 13.0 Å². The van der Waals surface area contributed by atoms with Crippen LogP contribution in [0.15, 0.2) is 24.5 Å². The molecule has 2 N–H and O–H groups in total. The van der Waals surface area contributed by atoms with Gasteiger partial charge >= 0.3 is 5.97 Å². The number of hydrogen-bond acceptors (Lipinski definition) is 3. The largest absolute Gasteiger partial charge is 0.481 e. The van der Waals surface area contributed by atoms with E-state index in [0.717, 1.165) is 23.1 Å². The highest BCUT2D eigenvalue weighted by Crippen LogP contribution is 2.13. The maximum atomic E-state index is 10.7. The highest BCUT2D eigenvalue weighted by molar-refractivity contribution is 5.75. The van der Waals surface area contributed by atoms with E-state index >= 15 is 0 Å². The minimum atomic E-state index is -0.739. The van der Waals surface area contributed by atoms with Crippen LogP contribution in [-0.4, -0.2) is 27.2 Å². The lowest BCUT2D eigenvalue weighted by Crippen LogP contribution is -2.20. The summed E-state index contributed by atoms with van der Waals surface area (Å²) in [4.78, 5) is 15.0. The van der Waals surface area contributed by atoms with Gasteiger partial charge in [0.2, 0.25) is 0 Å². The van der Waals surface area contributed by atoms with Crippen molar-refractivity contribution in [2.75, 3.05) is 6.54 Å². The summed E-state index contributed by atoms with van der Waals surface area (Å²) in [6.07, 6.45) is 2.44. The smallest absolute Gasteiger partial charge is 0.306 e. The molecule has 0 saturated carbocycles. The number of carbonyl (C=O) groups is 1. The number of aryl methyl sites for hydroxylation is 1. The highest BCUT2D eigenvalue weighted by atomic mass is 16.4. The highest BCUT2D eigenvalue weighted by Gasteiger charge is 2.09. The van der Waals surface area contributed by atoms with Crippen LogP contribution in [0.2, 0.25) is 0 Å². The molecule has 0 fully saturated rings. The molecule has 0 aliphatic carbocycles. The SMILES string of the molecule is CC(CCNCc1ccc2c(c1)ncn2C)C(=O)O. The zero-order valence-electron chi connectivity index (χ0n) is 11.3. The molecule has 5 heteroatoms. The Balaban J connectivity index is 1.86. The molecule has 1 heterocycles. The van der Waals surface area contributed by atoms with E-state index in [2.05, 4.69) is 28.5 Å². The van der Waals surface area contributed by atoms with Crippen molar-refractivity contribution in [3.05, 3.63) is 30.1 Å². The zero-order chi connectivity index (χ0) is 13.8. The average Bonchev–Trinajstić information content (AvgIpc) is 2.75. The fraction of sp³-hybridized carbons (Fsp3) is 0.429. The maximum Gasteiger partial charge on any atom is 0.306 e. The normalized spacial score (nSPS) is 12.7. The standard InChI is InChI=1S/C14H19N3O2/c1-10(14(18)19)5-6-15-8-11-3-4-13-12(7-11)16-9-17(13)2/h3-4,7,9-10,15H,5-6,8H2,1-2H3,(H,18,19). The van der Waals surface area contributed by atoms with Crippen LogP contribution in [0.3, 0.4) is 0 Å². The van der Waals surface area contributed by atoms with Crippen molar-refractivity contribution in [2.24, 2.45) is 13.0 Å². The summed E-state index contributed by atoms with van der Waals surface area (Å²) in [5, 5.41) is 12.0. The molecular formula is C14H19N3O2. The first kappa shape index (κ1) is 13.5. The molecule has 0 aliphatic rings. The molecular weight excluding hydrogens is 242 g/mol. The number of carboxylic acid groups (broad SMARTS) is 1. The number of nitrogens with zero attached hydrogens (tertiary/aromatic N) is 2. The van der Waals surface area contributed by atoms with Crippen LogP contribution < -0.4 is 5.32 Å². The van der Waals surface area contributed by atoms with Crippen molar-refractivity contribution in [3.8, 4) is 0 Å². The fourth-order valence-electron chi connectivity index (χ4n) is 1.97. The van der Waals surface area contributed by atoms with Crippen molar-refractivity contribution < 1.29 is 9.90 Å². The third-order valence-corrected chi connectivity index (χ3v) is 3.29. The fourth-order valence-corrected chi connectivity index (χ4v) is 1.97. The average molecular weight is 261 g/mol. The molecule has 0 saturated heterocycles. The molecule has 1 unspecified atom stereocenters. The van der Waals surface area contributed by atoms with E-state index in [9.17, 15) is 4.79 Å². The number of benzene rings is 1. The number of fused-ring (bicyclic) bond motifs is 1.